The number of halogens is 1. The lowest BCUT2D eigenvalue weighted by molar-refractivity contribution is -0.147. The third-order valence-corrected chi connectivity index (χ3v) is 7.20. The van der Waals surface area contributed by atoms with Gasteiger partial charge in [-0.25, -0.2) is 0 Å². The first-order valence-corrected chi connectivity index (χ1v) is 13.4. The molecule has 0 radical (unpaired) electrons. The third kappa shape index (κ3) is 8.41. The molecule has 2 rings (SSSR count). The molecule has 1 N–H and O–H groups in total. The number of hydrogen-bond acceptors (Lipinski definition) is 4. The van der Waals surface area contributed by atoms with Gasteiger partial charge >= 0.3 is 0 Å². The lowest BCUT2D eigenvalue weighted by atomic mass is 9.95. The highest BCUT2D eigenvalue weighted by atomic mass is 35.5. The van der Waals surface area contributed by atoms with Gasteiger partial charge in [-0.15, -0.1) is 0 Å². The molecule has 1 aromatic rings. The first-order valence-electron chi connectivity index (χ1n) is 13.0. The fraction of sp³-hybridized carbons (Fsp3) is 0.667. The van der Waals surface area contributed by atoms with E-state index in [4.69, 9.17) is 16.3 Å². The fourth-order valence-corrected chi connectivity index (χ4v) is 4.57. The van der Waals surface area contributed by atoms with Crippen molar-refractivity contribution >= 4 is 29.3 Å². The van der Waals surface area contributed by atoms with Gasteiger partial charge < -0.3 is 19.9 Å². The Labute approximate surface area is 215 Å². The molecule has 1 heterocycles. The summed E-state index contributed by atoms with van der Waals surface area (Å²) in [7, 11) is 0. The number of rotatable bonds is 12. The van der Waals surface area contributed by atoms with Crippen LogP contribution >= 0.6 is 11.6 Å². The molecular formula is C27H42ClN3O4. The summed E-state index contributed by atoms with van der Waals surface area (Å²) in [6.45, 7) is 11.5. The minimum Gasteiger partial charge on any atom is -0.484 e. The minimum absolute atomic E-state index is 0.0320. The molecule has 1 saturated heterocycles. The Morgan fingerprint density at radius 1 is 1.09 bits per heavy atom. The van der Waals surface area contributed by atoms with Crippen LogP contribution in [0.15, 0.2) is 24.3 Å². The fourth-order valence-electron chi connectivity index (χ4n) is 4.45. The smallest absolute Gasteiger partial charge is 0.258 e. The molecule has 0 bridgehead atoms. The van der Waals surface area contributed by atoms with E-state index in [0.29, 0.717) is 30.4 Å². The first-order chi connectivity index (χ1) is 16.7. The Bertz CT molecular complexity index is 832. The van der Waals surface area contributed by atoms with E-state index in [1.807, 2.05) is 25.7 Å². The van der Waals surface area contributed by atoms with E-state index < -0.39 is 6.04 Å². The number of hydrogen-bond donors (Lipinski definition) is 1. The highest BCUT2D eigenvalue weighted by Crippen LogP contribution is 2.21. The van der Waals surface area contributed by atoms with Gasteiger partial charge in [0.05, 0.1) is 0 Å². The molecule has 196 valence electrons. The van der Waals surface area contributed by atoms with Crippen molar-refractivity contribution in [2.24, 2.45) is 11.8 Å². The Morgan fingerprint density at radius 2 is 1.77 bits per heavy atom. The Balaban J connectivity index is 1.97. The highest BCUT2D eigenvalue weighted by Gasteiger charge is 2.36. The van der Waals surface area contributed by atoms with Crippen molar-refractivity contribution in [3.8, 4) is 5.75 Å². The van der Waals surface area contributed by atoms with Crippen molar-refractivity contribution in [2.75, 3.05) is 26.2 Å². The van der Waals surface area contributed by atoms with E-state index in [0.717, 1.165) is 32.1 Å². The van der Waals surface area contributed by atoms with Crippen molar-refractivity contribution < 1.29 is 19.1 Å². The predicted molar refractivity (Wildman–Crippen MR) is 139 cm³/mol. The van der Waals surface area contributed by atoms with Gasteiger partial charge in [0.2, 0.25) is 11.8 Å². The normalized spacial score (nSPS) is 18.5. The SMILES string of the molecule is CCCCC(CC)C(=O)N1CCN(C(=O)C(NC(=O)COc2ccc(Cl)cc2)C(C)CC)CC1C. The van der Waals surface area contributed by atoms with E-state index >= 15 is 0 Å². The van der Waals surface area contributed by atoms with Crippen LogP contribution in [0.1, 0.15) is 66.7 Å². The van der Waals surface area contributed by atoms with Gasteiger partial charge in [-0.3, -0.25) is 14.4 Å². The Morgan fingerprint density at radius 3 is 2.34 bits per heavy atom. The van der Waals surface area contributed by atoms with Crippen molar-refractivity contribution in [2.45, 2.75) is 78.8 Å². The number of carbonyl (C=O) groups excluding carboxylic acids is 3. The van der Waals surface area contributed by atoms with Gasteiger partial charge in [-0.1, -0.05) is 58.6 Å². The van der Waals surface area contributed by atoms with Crippen LogP contribution in [0.3, 0.4) is 0 Å². The van der Waals surface area contributed by atoms with E-state index in [2.05, 4.69) is 19.2 Å². The monoisotopic (exact) mass is 507 g/mol. The molecule has 1 aliphatic rings. The summed E-state index contributed by atoms with van der Waals surface area (Å²) >= 11 is 5.88. The summed E-state index contributed by atoms with van der Waals surface area (Å²) in [5, 5.41) is 3.47. The van der Waals surface area contributed by atoms with E-state index in [-0.39, 0.29) is 42.2 Å². The highest BCUT2D eigenvalue weighted by molar-refractivity contribution is 6.30. The van der Waals surface area contributed by atoms with E-state index in [9.17, 15) is 14.4 Å². The van der Waals surface area contributed by atoms with Crippen LogP contribution in [-0.4, -0.2) is 65.8 Å². The van der Waals surface area contributed by atoms with E-state index in [1.165, 1.54) is 0 Å². The van der Waals surface area contributed by atoms with Crippen molar-refractivity contribution in [3.05, 3.63) is 29.3 Å². The predicted octanol–water partition coefficient (Wildman–Crippen LogP) is 4.53. The number of piperazine rings is 1. The van der Waals surface area contributed by atoms with Crippen molar-refractivity contribution in [1.29, 1.82) is 0 Å². The maximum Gasteiger partial charge on any atom is 0.258 e. The second-order valence-corrected chi connectivity index (χ2v) is 10.0. The summed E-state index contributed by atoms with van der Waals surface area (Å²) in [6, 6.07) is 6.08. The maximum absolute atomic E-state index is 13.5. The summed E-state index contributed by atoms with van der Waals surface area (Å²) < 4.78 is 5.54. The summed E-state index contributed by atoms with van der Waals surface area (Å²) in [5.41, 5.74) is 0. The number of unbranched alkanes of at least 4 members (excludes halogenated alkanes) is 1. The van der Waals surface area contributed by atoms with Gasteiger partial charge in [-0.2, -0.15) is 0 Å². The minimum atomic E-state index is -0.635. The van der Waals surface area contributed by atoms with Crippen molar-refractivity contribution in [1.82, 2.24) is 15.1 Å². The van der Waals surface area contributed by atoms with Gasteiger partial charge in [0.25, 0.3) is 5.91 Å². The van der Waals surface area contributed by atoms with Gasteiger partial charge in [0, 0.05) is 36.6 Å². The van der Waals surface area contributed by atoms with Crippen LogP contribution in [0.25, 0.3) is 0 Å². The largest absolute Gasteiger partial charge is 0.484 e. The van der Waals surface area contributed by atoms with E-state index in [1.54, 1.807) is 29.2 Å². The summed E-state index contributed by atoms with van der Waals surface area (Å²) in [6.07, 6.45) is 4.63. The number of nitrogens with zero attached hydrogens (tertiary/aromatic N) is 2. The van der Waals surface area contributed by atoms with Crippen LogP contribution in [0.5, 0.6) is 5.75 Å². The molecule has 0 aliphatic carbocycles. The standard InChI is InChI=1S/C27H42ClN3O4/c1-6-9-10-21(8-3)26(33)31-16-15-30(17-20(31)5)27(34)25(19(4)7-2)29-24(32)18-35-23-13-11-22(28)12-14-23/h11-14,19-21,25H,6-10,15-18H2,1-5H3,(H,29,32). The molecular weight excluding hydrogens is 466 g/mol. The van der Waals surface area contributed by atoms with Crippen LogP contribution in [-0.2, 0) is 14.4 Å². The van der Waals surface area contributed by atoms with Crippen LogP contribution in [0, 0.1) is 11.8 Å². The number of carbonyl (C=O) groups is 3. The van der Waals surface area contributed by atoms with Crippen molar-refractivity contribution in [3.63, 3.8) is 0 Å². The Hall–Kier alpha value is -2.28. The lowest BCUT2D eigenvalue weighted by Crippen LogP contribution is -2.60. The molecule has 8 heteroatoms. The second kappa shape index (κ2) is 14.3. The molecule has 0 aromatic heterocycles. The van der Waals surface area contributed by atoms with Gasteiger partial charge in [-0.05, 0) is 49.9 Å². The molecule has 1 aromatic carbocycles. The quantitative estimate of drug-likeness (QED) is 0.451. The first kappa shape index (κ1) is 29.0. The number of nitrogens with one attached hydrogen (secondary N) is 1. The third-order valence-electron chi connectivity index (χ3n) is 6.95. The average molecular weight is 508 g/mol. The second-order valence-electron chi connectivity index (χ2n) is 9.59. The molecule has 4 atom stereocenters. The molecule has 0 spiro atoms. The molecule has 7 nitrogen and oxygen atoms in total. The molecule has 1 fully saturated rings. The molecule has 35 heavy (non-hydrogen) atoms. The summed E-state index contributed by atoms with van der Waals surface area (Å²) in [4.78, 5) is 42.9. The Kier molecular flexibility index (Phi) is 11.8. The number of ether oxygens (including phenoxy) is 1. The zero-order valence-corrected chi connectivity index (χ0v) is 22.6. The zero-order chi connectivity index (χ0) is 26.0. The topological polar surface area (TPSA) is 79.0 Å². The average Bonchev–Trinajstić information content (AvgIpc) is 2.86. The number of amides is 3. The molecule has 3 amide bonds. The van der Waals surface area contributed by atoms with Gasteiger partial charge in [0.15, 0.2) is 6.61 Å². The van der Waals surface area contributed by atoms with Crippen LogP contribution in [0.2, 0.25) is 5.02 Å². The lowest BCUT2D eigenvalue weighted by Gasteiger charge is -2.42. The number of benzene rings is 1. The van der Waals surface area contributed by atoms with Gasteiger partial charge in [0.1, 0.15) is 11.8 Å². The maximum atomic E-state index is 13.5. The zero-order valence-electron chi connectivity index (χ0n) is 21.9. The van der Waals surface area contributed by atoms with Crippen LogP contribution in [0.4, 0.5) is 0 Å². The summed E-state index contributed by atoms with van der Waals surface area (Å²) in [5.74, 6) is 0.308. The molecule has 0 saturated carbocycles. The molecule has 1 aliphatic heterocycles. The molecule has 4 unspecified atom stereocenters. The van der Waals surface area contributed by atoms with Crippen LogP contribution < -0.4 is 10.1 Å².